The van der Waals surface area contributed by atoms with Gasteiger partial charge >= 0.3 is 5.69 Å². The number of aromatic amines is 1. The standard InChI is InChI=1S/C18H13FN2O2/c19-15-7-4-13(5-8-15)6-9-17(22)14-2-1-3-16(12-14)21-11-10-20-18(21)23/h1-12H,(H,20,23)/b9-6+. The van der Waals surface area contributed by atoms with Crippen LogP contribution in [0.5, 0.6) is 0 Å². The molecule has 1 heterocycles. The number of carbonyl (C=O) groups excluding carboxylic acids is 1. The number of imidazole rings is 1. The molecule has 3 aromatic rings. The number of halogens is 1. The van der Waals surface area contributed by atoms with Gasteiger partial charge in [0, 0.05) is 18.0 Å². The molecule has 0 aliphatic carbocycles. The fraction of sp³-hybridized carbons (Fsp3) is 0. The van der Waals surface area contributed by atoms with Gasteiger partial charge in [-0.1, -0.05) is 30.3 Å². The van der Waals surface area contributed by atoms with Crippen LogP contribution in [0.15, 0.2) is 71.8 Å². The minimum absolute atomic E-state index is 0.195. The van der Waals surface area contributed by atoms with E-state index in [1.54, 1.807) is 48.7 Å². The average molecular weight is 308 g/mol. The van der Waals surface area contributed by atoms with Crippen molar-refractivity contribution in [2.75, 3.05) is 0 Å². The van der Waals surface area contributed by atoms with Gasteiger partial charge in [0.25, 0.3) is 0 Å². The van der Waals surface area contributed by atoms with Crippen LogP contribution >= 0.6 is 0 Å². The Kier molecular flexibility index (Phi) is 4.01. The maximum absolute atomic E-state index is 12.8. The van der Waals surface area contributed by atoms with E-state index in [0.717, 1.165) is 5.56 Å². The van der Waals surface area contributed by atoms with Crippen LogP contribution < -0.4 is 5.69 Å². The lowest BCUT2D eigenvalue weighted by atomic mass is 10.1. The largest absolute Gasteiger partial charge is 0.330 e. The summed E-state index contributed by atoms with van der Waals surface area (Å²) in [6, 6.07) is 12.6. The van der Waals surface area contributed by atoms with Crippen LogP contribution in [-0.4, -0.2) is 15.3 Å². The Labute approximate surface area is 131 Å². The summed E-state index contributed by atoms with van der Waals surface area (Å²) in [6.07, 6.45) is 6.18. The minimum Gasteiger partial charge on any atom is -0.312 e. The van der Waals surface area contributed by atoms with Crippen molar-refractivity contribution in [3.05, 3.63) is 94.4 Å². The van der Waals surface area contributed by atoms with Gasteiger partial charge in [-0.05, 0) is 35.9 Å². The van der Waals surface area contributed by atoms with Gasteiger partial charge in [-0.2, -0.15) is 0 Å². The molecule has 5 heteroatoms. The summed E-state index contributed by atoms with van der Waals surface area (Å²) >= 11 is 0. The highest BCUT2D eigenvalue weighted by molar-refractivity contribution is 6.07. The number of hydrogen-bond donors (Lipinski definition) is 1. The first-order valence-electron chi connectivity index (χ1n) is 6.98. The summed E-state index contributed by atoms with van der Waals surface area (Å²) in [5.74, 6) is -0.516. The lowest BCUT2D eigenvalue weighted by molar-refractivity contribution is 0.104. The Morgan fingerprint density at radius 1 is 1.13 bits per heavy atom. The molecule has 0 aliphatic rings. The zero-order valence-corrected chi connectivity index (χ0v) is 12.1. The molecule has 0 spiro atoms. The second-order valence-corrected chi connectivity index (χ2v) is 4.93. The predicted molar refractivity (Wildman–Crippen MR) is 86.2 cm³/mol. The molecule has 0 aliphatic heterocycles. The van der Waals surface area contributed by atoms with E-state index in [2.05, 4.69) is 4.98 Å². The first-order valence-corrected chi connectivity index (χ1v) is 6.98. The number of ketones is 1. The monoisotopic (exact) mass is 308 g/mol. The summed E-state index contributed by atoms with van der Waals surface area (Å²) in [5.41, 5.74) is 1.54. The van der Waals surface area contributed by atoms with E-state index in [1.165, 1.54) is 29.0 Å². The molecule has 4 nitrogen and oxygen atoms in total. The Bertz CT molecular complexity index is 920. The first kappa shape index (κ1) is 14.7. The van der Waals surface area contributed by atoms with E-state index in [9.17, 15) is 14.0 Å². The fourth-order valence-electron chi connectivity index (χ4n) is 2.17. The lowest BCUT2D eigenvalue weighted by Gasteiger charge is -2.03. The molecule has 0 atom stereocenters. The Balaban J connectivity index is 1.84. The number of aromatic nitrogens is 2. The number of benzene rings is 2. The molecule has 114 valence electrons. The van der Waals surface area contributed by atoms with Crippen LogP contribution in [0.25, 0.3) is 11.8 Å². The molecule has 0 radical (unpaired) electrons. The van der Waals surface area contributed by atoms with E-state index in [1.807, 2.05) is 0 Å². The predicted octanol–water partition coefficient (Wildman–Crippen LogP) is 3.20. The van der Waals surface area contributed by atoms with Crippen molar-refractivity contribution in [2.45, 2.75) is 0 Å². The Morgan fingerprint density at radius 2 is 1.91 bits per heavy atom. The highest BCUT2D eigenvalue weighted by Gasteiger charge is 2.05. The van der Waals surface area contributed by atoms with Crippen LogP contribution in [0.2, 0.25) is 0 Å². The highest BCUT2D eigenvalue weighted by atomic mass is 19.1. The van der Waals surface area contributed by atoms with Crippen LogP contribution in [-0.2, 0) is 0 Å². The summed E-state index contributed by atoms with van der Waals surface area (Å²) in [4.78, 5) is 26.4. The SMILES string of the molecule is O=C(/C=C/c1ccc(F)cc1)c1cccc(-n2cc[nH]c2=O)c1. The van der Waals surface area contributed by atoms with E-state index in [0.29, 0.717) is 11.3 Å². The molecule has 0 amide bonds. The van der Waals surface area contributed by atoms with Crippen LogP contribution in [0.3, 0.4) is 0 Å². The molecule has 0 fully saturated rings. The zero-order chi connectivity index (χ0) is 16.2. The van der Waals surface area contributed by atoms with E-state index >= 15 is 0 Å². The van der Waals surface area contributed by atoms with Gasteiger partial charge in [0.2, 0.25) is 0 Å². The van der Waals surface area contributed by atoms with Crippen molar-refractivity contribution in [1.29, 1.82) is 0 Å². The molecule has 1 N–H and O–H groups in total. The molecule has 23 heavy (non-hydrogen) atoms. The van der Waals surface area contributed by atoms with Gasteiger partial charge in [-0.25, -0.2) is 9.18 Å². The van der Waals surface area contributed by atoms with Crippen LogP contribution in [0.4, 0.5) is 4.39 Å². The van der Waals surface area contributed by atoms with E-state index in [4.69, 9.17) is 0 Å². The lowest BCUT2D eigenvalue weighted by Crippen LogP contribution is -2.14. The van der Waals surface area contributed by atoms with Crippen molar-refractivity contribution in [2.24, 2.45) is 0 Å². The number of hydrogen-bond acceptors (Lipinski definition) is 2. The second-order valence-electron chi connectivity index (χ2n) is 4.93. The maximum Gasteiger partial charge on any atom is 0.330 e. The quantitative estimate of drug-likeness (QED) is 0.594. The zero-order valence-electron chi connectivity index (χ0n) is 12.1. The average Bonchev–Trinajstić information content (AvgIpc) is 3.00. The fourth-order valence-corrected chi connectivity index (χ4v) is 2.17. The molecule has 0 unspecified atom stereocenters. The summed E-state index contributed by atoms with van der Waals surface area (Å²) in [7, 11) is 0. The number of nitrogens with zero attached hydrogens (tertiary/aromatic N) is 1. The third-order valence-electron chi connectivity index (χ3n) is 3.36. The first-order chi connectivity index (χ1) is 11.1. The van der Waals surface area contributed by atoms with Crippen LogP contribution in [0.1, 0.15) is 15.9 Å². The van der Waals surface area contributed by atoms with Gasteiger partial charge < -0.3 is 4.98 Å². The van der Waals surface area contributed by atoms with Crippen molar-refractivity contribution >= 4 is 11.9 Å². The molecule has 1 aromatic heterocycles. The van der Waals surface area contributed by atoms with Gasteiger partial charge in [-0.3, -0.25) is 9.36 Å². The van der Waals surface area contributed by atoms with Gasteiger partial charge in [-0.15, -0.1) is 0 Å². The molecule has 0 saturated carbocycles. The van der Waals surface area contributed by atoms with E-state index in [-0.39, 0.29) is 17.3 Å². The second kappa shape index (κ2) is 6.27. The molecular weight excluding hydrogens is 295 g/mol. The molecule has 0 bridgehead atoms. The Morgan fingerprint density at radius 3 is 2.61 bits per heavy atom. The maximum atomic E-state index is 12.8. The summed E-state index contributed by atoms with van der Waals surface area (Å²) < 4.78 is 14.3. The van der Waals surface area contributed by atoms with Crippen molar-refractivity contribution in [1.82, 2.24) is 9.55 Å². The number of H-pyrrole nitrogens is 1. The molecular formula is C18H13FN2O2. The third-order valence-corrected chi connectivity index (χ3v) is 3.36. The molecule has 3 rings (SSSR count). The summed E-state index contributed by atoms with van der Waals surface area (Å²) in [6.45, 7) is 0. The number of nitrogens with one attached hydrogen (secondary N) is 1. The Hall–Kier alpha value is -3.21. The van der Waals surface area contributed by atoms with Gasteiger partial charge in [0.1, 0.15) is 5.82 Å². The van der Waals surface area contributed by atoms with Gasteiger partial charge in [0.05, 0.1) is 5.69 Å². The normalized spacial score (nSPS) is 11.0. The van der Waals surface area contributed by atoms with Crippen molar-refractivity contribution in [3.63, 3.8) is 0 Å². The topological polar surface area (TPSA) is 54.9 Å². The van der Waals surface area contributed by atoms with Crippen LogP contribution in [0, 0.1) is 5.82 Å². The molecule has 2 aromatic carbocycles. The van der Waals surface area contributed by atoms with Crippen molar-refractivity contribution in [3.8, 4) is 5.69 Å². The smallest absolute Gasteiger partial charge is 0.312 e. The van der Waals surface area contributed by atoms with Gasteiger partial charge in [0.15, 0.2) is 5.78 Å². The number of carbonyl (C=O) groups is 1. The molecule has 0 saturated heterocycles. The van der Waals surface area contributed by atoms with E-state index < -0.39 is 0 Å². The van der Waals surface area contributed by atoms with Crippen molar-refractivity contribution < 1.29 is 9.18 Å². The number of allylic oxidation sites excluding steroid dienone is 1. The summed E-state index contributed by atoms with van der Waals surface area (Å²) in [5, 5.41) is 0. The third kappa shape index (κ3) is 3.35. The highest BCUT2D eigenvalue weighted by Crippen LogP contribution is 2.11. The minimum atomic E-state index is -0.321. The number of rotatable bonds is 4.